The smallest absolute Gasteiger partial charge is 0.328 e. The van der Waals surface area contributed by atoms with Crippen molar-refractivity contribution in [3.05, 3.63) is 0 Å². The van der Waals surface area contributed by atoms with E-state index >= 15 is 0 Å². The highest BCUT2D eigenvalue weighted by atomic mass is 32.1. The predicted molar refractivity (Wildman–Crippen MR) is 97.9 cm³/mol. The van der Waals surface area contributed by atoms with E-state index in [1.807, 2.05) is 20.8 Å². The lowest BCUT2D eigenvalue weighted by Gasteiger charge is -2.37. The maximum absolute atomic E-state index is 13.2. The average Bonchev–Trinajstić information content (AvgIpc) is 3.09. The number of hydrogen-bond donors (Lipinski definition) is 4. The molecule has 0 bridgehead atoms. The minimum Gasteiger partial charge on any atom is -0.480 e. The fourth-order valence-electron chi connectivity index (χ4n) is 5.09. The van der Waals surface area contributed by atoms with E-state index in [0.29, 0.717) is 0 Å². The topological polar surface area (TPSA) is 113 Å². The Bertz CT molecular complexity index is 594. The summed E-state index contributed by atoms with van der Waals surface area (Å²) in [5.74, 6) is -2.44. The van der Waals surface area contributed by atoms with Crippen molar-refractivity contribution in [1.29, 1.82) is 0 Å². The standard InChI is InChI=1S/C18H29NO6S/c1-9-5-6-12-17(2,3)18(12,13(9)21)14(25-4)10(8-26)15(22)19-11(7-20)16(23)24/h9-12,14,20,26H,5-8H2,1-4H3,(H,19,22)(H,23,24)/t9?,10?,11-,12?,14?,18?/m0/s1. The molecule has 0 aromatic rings. The lowest BCUT2D eigenvalue weighted by molar-refractivity contribution is -0.149. The Balaban J connectivity index is 2.34. The van der Waals surface area contributed by atoms with Crippen molar-refractivity contribution in [3.8, 4) is 0 Å². The van der Waals surface area contributed by atoms with Crippen molar-refractivity contribution in [2.24, 2.45) is 28.6 Å². The van der Waals surface area contributed by atoms with Gasteiger partial charge in [-0.25, -0.2) is 4.79 Å². The second kappa shape index (κ2) is 7.48. The van der Waals surface area contributed by atoms with Gasteiger partial charge in [-0.2, -0.15) is 12.6 Å². The molecule has 2 aliphatic carbocycles. The van der Waals surface area contributed by atoms with Crippen molar-refractivity contribution in [3.63, 3.8) is 0 Å². The van der Waals surface area contributed by atoms with Gasteiger partial charge in [0, 0.05) is 18.8 Å². The van der Waals surface area contributed by atoms with Gasteiger partial charge in [-0.3, -0.25) is 9.59 Å². The van der Waals surface area contributed by atoms with Gasteiger partial charge in [-0.1, -0.05) is 20.8 Å². The summed E-state index contributed by atoms with van der Waals surface area (Å²) in [6.07, 6.45) is 1.03. The number of carboxylic acid groups (broad SMARTS) is 1. The molecule has 2 aliphatic rings. The number of rotatable bonds is 8. The van der Waals surface area contributed by atoms with E-state index in [4.69, 9.17) is 14.9 Å². The van der Waals surface area contributed by atoms with Gasteiger partial charge in [-0.05, 0) is 24.2 Å². The predicted octanol–water partition coefficient (Wildman–Crippen LogP) is 0.750. The molecule has 0 spiro atoms. The number of thiol groups is 1. The maximum atomic E-state index is 13.2. The first-order valence-corrected chi connectivity index (χ1v) is 9.56. The first-order chi connectivity index (χ1) is 12.1. The maximum Gasteiger partial charge on any atom is 0.328 e. The Labute approximate surface area is 159 Å². The SMILES string of the molecule is COC(C(CS)C(=O)N[C@@H](CO)C(=O)O)C12C(=O)C(C)CCC1C2(C)C. The average molecular weight is 387 g/mol. The van der Waals surface area contributed by atoms with Crippen LogP contribution in [0, 0.1) is 28.6 Å². The van der Waals surface area contributed by atoms with E-state index in [2.05, 4.69) is 17.9 Å². The molecule has 2 saturated carbocycles. The number of methoxy groups -OCH3 is 1. The molecular weight excluding hydrogens is 358 g/mol. The second-order valence-corrected chi connectivity index (χ2v) is 8.38. The van der Waals surface area contributed by atoms with Crippen LogP contribution in [0.15, 0.2) is 0 Å². The molecule has 6 atom stereocenters. The van der Waals surface area contributed by atoms with Crippen molar-refractivity contribution in [1.82, 2.24) is 5.32 Å². The van der Waals surface area contributed by atoms with E-state index in [1.54, 1.807) is 0 Å². The number of aliphatic hydroxyl groups is 1. The molecular formula is C18H29NO6S. The molecule has 0 aliphatic heterocycles. The summed E-state index contributed by atoms with van der Waals surface area (Å²) < 4.78 is 5.70. The van der Waals surface area contributed by atoms with Gasteiger partial charge >= 0.3 is 5.97 Å². The molecule has 7 nitrogen and oxygen atoms in total. The fourth-order valence-corrected chi connectivity index (χ4v) is 5.45. The van der Waals surface area contributed by atoms with Crippen LogP contribution in [0.3, 0.4) is 0 Å². The number of amides is 1. The Morgan fingerprint density at radius 1 is 1.38 bits per heavy atom. The van der Waals surface area contributed by atoms with Crippen molar-refractivity contribution < 1.29 is 29.3 Å². The van der Waals surface area contributed by atoms with E-state index in [1.165, 1.54) is 7.11 Å². The molecule has 26 heavy (non-hydrogen) atoms. The lowest BCUT2D eigenvalue weighted by Crippen LogP contribution is -2.53. The molecule has 0 aromatic heterocycles. The molecule has 3 N–H and O–H groups in total. The van der Waals surface area contributed by atoms with Crippen LogP contribution in [0.1, 0.15) is 33.6 Å². The number of aliphatic hydroxyl groups excluding tert-OH is 1. The molecule has 148 valence electrons. The second-order valence-electron chi connectivity index (χ2n) is 8.01. The summed E-state index contributed by atoms with van der Waals surface area (Å²) in [6.45, 7) is 5.25. The normalized spacial score (nSPS) is 32.9. The lowest BCUT2D eigenvalue weighted by atomic mass is 9.72. The van der Waals surface area contributed by atoms with Crippen molar-refractivity contribution in [2.45, 2.75) is 45.8 Å². The van der Waals surface area contributed by atoms with Crippen LogP contribution in [0.5, 0.6) is 0 Å². The zero-order valence-electron chi connectivity index (χ0n) is 15.7. The Morgan fingerprint density at radius 3 is 2.46 bits per heavy atom. The number of hydrogen-bond acceptors (Lipinski definition) is 6. The molecule has 0 radical (unpaired) electrons. The number of carbonyl (C=O) groups excluding carboxylic acids is 2. The summed E-state index contributed by atoms with van der Waals surface area (Å²) in [6, 6.07) is -1.40. The fraction of sp³-hybridized carbons (Fsp3) is 0.833. The van der Waals surface area contributed by atoms with Crippen LogP contribution in [0.25, 0.3) is 0 Å². The summed E-state index contributed by atoms with van der Waals surface area (Å²) in [5.41, 5.74) is -1.05. The third kappa shape index (κ3) is 2.96. The number of fused-ring (bicyclic) bond motifs is 1. The van der Waals surface area contributed by atoms with Crippen LogP contribution >= 0.6 is 12.6 Å². The van der Waals surface area contributed by atoms with Crippen LogP contribution in [0.2, 0.25) is 0 Å². The van der Waals surface area contributed by atoms with Gasteiger partial charge in [0.1, 0.15) is 11.8 Å². The zero-order valence-corrected chi connectivity index (χ0v) is 16.6. The van der Waals surface area contributed by atoms with E-state index in [-0.39, 0.29) is 28.8 Å². The van der Waals surface area contributed by atoms with Gasteiger partial charge < -0.3 is 20.3 Å². The van der Waals surface area contributed by atoms with Gasteiger partial charge in [-0.15, -0.1) is 0 Å². The Morgan fingerprint density at radius 2 is 2.00 bits per heavy atom. The summed E-state index contributed by atoms with van der Waals surface area (Å²) >= 11 is 4.27. The summed E-state index contributed by atoms with van der Waals surface area (Å²) in [5, 5.41) is 20.6. The monoisotopic (exact) mass is 387 g/mol. The van der Waals surface area contributed by atoms with Gasteiger partial charge in [0.15, 0.2) is 0 Å². The number of nitrogens with one attached hydrogen (secondary N) is 1. The first-order valence-electron chi connectivity index (χ1n) is 8.93. The van der Waals surface area contributed by atoms with Crippen LogP contribution < -0.4 is 5.32 Å². The highest BCUT2D eigenvalue weighted by Crippen LogP contribution is 2.76. The molecule has 0 saturated heterocycles. The molecule has 8 heteroatoms. The third-order valence-electron chi connectivity index (χ3n) is 6.55. The third-order valence-corrected chi connectivity index (χ3v) is 6.94. The number of carbonyl (C=O) groups is 3. The van der Waals surface area contributed by atoms with Gasteiger partial charge in [0.25, 0.3) is 0 Å². The van der Waals surface area contributed by atoms with E-state index < -0.39 is 42.0 Å². The Hall–Kier alpha value is -1.12. The highest BCUT2D eigenvalue weighted by molar-refractivity contribution is 7.80. The Kier molecular flexibility index (Phi) is 6.09. The zero-order chi connectivity index (χ0) is 19.9. The quantitative estimate of drug-likeness (QED) is 0.457. The van der Waals surface area contributed by atoms with Gasteiger partial charge in [0.2, 0.25) is 5.91 Å². The molecule has 2 rings (SSSR count). The first kappa shape index (κ1) is 21.2. The minimum atomic E-state index is -1.40. The molecule has 5 unspecified atom stereocenters. The largest absolute Gasteiger partial charge is 0.480 e. The van der Waals surface area contributed by atoms with Crippen LogP contribution in [0.4, 0.5) is 0 Å². The summed E-state index contributed by atoms with van der Waals surface area (Å²) in [4.78, 5) is 37.0. The highest BCUT2D eigenvalue weighted by Gasteiger charge is 2.80. The minimum absolute atomic E-state index is 0.0986. The molecule has 1 amide bonds. The number of ether oxygens (including phenoxy) is 1. The number of carboxylic acids is 1. The molecule has 2 fully saturated rings. The van der Waals surface area contributed by atoms with Crippen molar-refractivity contribution in [2.75, 3.05) is 19.5 Å². The van der Waals surface area contributed by atoms with Gasteiger partial charge in [0.05, 0.1) is 24.0 Å². The van der Waals surface area contributed by atoms with Crippen LogP contribution in [-0.2, 0) is 19.1 Å². The molecule has 0 aromatic carbocycles. The van der Waals surface area contributed by atoms with E-state index in [0.717, 1.165) is 12.8 Å². The number of aliphatic carboxylic acids is 1. The molecule has 0 heterocycles. The number of ketones is 1. The summed E-state index contributed by atoms with van der Waals surface area (Å²) in [7, 11) is 1.47. The van der Waals surface area contributed by atoms with Crippen molar-refractivity contribution >= 4 is 30.3 Å². The van der Waals surface area contributed by atoms with Crippen LogP contribution in [-0.4, -0.2) is 59.5 Å². The number of Topliss-reactive ketones (excluding diaryl/α,β-unsaturated/α-hetero) is 1. The van der Waals surface area contributed by atoms with E-state index in [9.17, 15) is 14.4 Å².